The predicted octanol–water partition coefficient (Wildman–Crippen LogP) is 2.42. The summed E-state index contributed by atoms with van der Waals surface area (Å²) >= 11 is 0. The molecule has 0 radical (unpaired) electrons. The molecule has 1 aliphatic heterocycles. The van der Waals surface area contributed by atoms with E-state index in [1.54, 1.807) is 32.0 Å². The number of hydrogen-bond donors (Lipinski definition) is 2. The first-order valence-electron chi connectivity index (χ1n) is 10.4. The molecule has 3 rings (SSSR count). The number of likely N-dealkylation sites (tertiary alicyclic amines) is 1. The Hall–Kier alpha value is -3.33. The first kappa shape index (κ1) is 23.3. The summed E-state index contributed by atoms with van der Waals surface area (Å²) in [7, 11) is 6.96. The number of aliphatic hydroxyl groups is 1. The highest BCUT2D eigenvalue weighted by atomic mass is 16.5. The number of carbonyl (C=O) groups is 2. The summed E-state index contributed by atoms with van der Waals surface area (Å²) in [4.78, 5) is 29.7. The summed E-state index contributed by atoms with van der Waals surface area (Å²) in [6.45, 7) is 4.61. The lowest BCUT2D eigenvalue weighted by molar-refractivity contribution is -0.139. The van der Waals surface area contributed by atoms with Crippen LogP contribution in [-0.4, -0.2) is 78.2 Å². The van der Waals surface area contributed by atoms with E-state index in [2.05, 4.69) is 10.2 Å². The van der Waals surface area contributed by atoms with Crippen LogP contribution in [0.2, 0.25) is 0 Å². The average molecular weight is 443 g/mol. The molecule has 32 heavy (non-hydrogen) atoms. The zero-order valence-corrected chi connectivity index (χ0v) is 19.4. The largest absolute Gasteiger partial charge is 0.507 e. The Morgan fingerprint density at radius 1 is 1.19 bits per heavy atom. The number of amides is 1. The summed E-state index contributed by atoms with van der Waals surface area (Å²) in [5.41, 5.74) is 2.28. The Kier molecular flexibility index (Phi) is 6.88. The third-order valence-electron chi connectivity index (χ3n) is 5.63. The van der Waals surface area contributed by atoms with Crippen molar-refractivity contribution < 1.29 is 24.2 Å². The molecule has 0 saturated carbocycles. The van der Waals surface area contributed by atoms with Crippen LogP contribution in [0.5, 0.6) is 11.5 Å². The third-order valence-corrected chi connectivity index (χ3v) is 5.63. The fraction of sp³-hybridized carbons (Fsp3) is 0.435. The van der Waals surface area contributed by atoms with Crippen molar-refractivity contribution in [1.29, 1.82) is 0 Å². The number of rotatable bonds is 8. The monoisotopic (exact) mass is 442 g/mol. The molecule has 1 aliphatic rings. The van der Waals surface area contributed by atoms with E-state index in [0.717, 1.165) is 6.54 Å². The van der Waals surface area contributed by atoms with Crippen molar-refractivity contribution in [2.24, 2.45) is 0 Å². The van der Waals surface area contributed by atoms with Gasteiger partial charge in [0.2, 0.25) is 0 Å². The number of benzene rings is 1. The number of aryl methyl sites for hydroxylation is 2. The maximum Gasteiger partial charge on any atom is 0.295 e. The second kappa shape index (κ2) is 9.44. The van der Waals surface area contributed by atoms with Crippen LogP contribution in [0.15, 0.2) is 23.8 Å². The molecule has 1 amide bonds. The quantitative estimate of drug-likeness (QED) is 0.367. The Morgan fingerprint density at radius 3 is 2.44 bits per heavy atom. The van der Waals surface area contributed by atoms with Gasteiger partial charge in [-0.05, 0) is 58.6 Å². The van der Waals surface area contributed by atoms with Gasteiger partial charge < -0.3 is 24.4 Å². The normalized spacial score (nSPS) is 18.0. The Bertz CT molecular complexity index is 1040. The number of nitrogens with one attached hydrogen (secondary N) is 1. The number of carbonyl (C=O) groups excluding carboxylic acids is 2. The molecule has 1 aromatic heterocycles. The van der Waals surface area contributed by atoms with Gasteiger partial charge in [0.1, 0.15) is 5.76 Å². The van der Waals surface area contributed by atoms with Gasteiger partial charge in [0.15, 0.2) is 11.5 Å². The number of aromatic amines is 1. The van der Waals surface area contributed by atoms with Crippen LogP contribution in [0, 0.1) is 13.8 Å². The highest BCUT2D eigenvalue weighted by Crippen LogP contribution is 2.42. The van der Waals surface area contributed by atoms with Gasteiger partial charge in [-0.1, -0.05) is 6.07 Å². The van der Waals surface area contributed by atoms with Gasteiger partial charge in [-0.15, -0.1) is 0 Å². The smallest absolute Gasteiger partial charge is 0.295 e. The second-order valence-electron chi connectivity index (χ2n) is 8.07. The number of methoxy groups -OCH3 is 2. The van der Waals surface area contributed by atoms with Crippen molar-refractivity contribution in [3.63, 3.8) is 0 Å². The van der Waals surface area contributed by atoms with E-state index < -0.39 is 17.7 Å². The second-order valence-corrected chi connectivity index (χ2v) is 8.07. The van der Waals surface area contributed by atoms with E-state index in [1.165, 1.54) is 19.1 Å². The van der Waals surface area contributed by atoms with Crippen molar-refractivity contribution in [2.45, 2.75) is 26.3 Å². The minimum Gasteiger partial charge on any atom is -0.507 e. The lowest BCUT2D eigenvalue weighted by atomic mass is 9.94. The number of H-pyrrole nitrogens is 1. The molecular formula is C23H30N4O5. The van der Waals surface area contributed by atoms with Crippen molar-refractivity contribution in [2.75, 3.05) is 41.4 Å². The molecule has 1 fully saturated rings. The molecule has 9 heteroatoms. The van der Waals surface area contributed by atoms with E-state index in [1.807, 2.05) is 19.0 Å². The number of ether oxygens (including phenoxy) is 2. The molecule has 1 aromatic carbocycles. The van der Waals surface area contributed by atoms with Gasteiger partial charge in [0, 0.05) is 12.2 Å². The third kappa shape index (κ3) is 4.20. The Morgan fingerprint density at radius 2 is 1.88 bits per heavy atom. The minimum absolute atomic E-state index is 0.0414. The lowest BCUT2D eigenvalue weighted by Gasteiger charge is -2.26. The molecule has 0 aliphatic carbocycles. The number of aliphatic hydroxyl groups excluding tert-OH is 1. The maximum absolute atomic E-state index is 13.1. The SMILES string of the molecule is COc1ccc([C@@H]2/C(=C(\O)c3c(C)n[nH]c3C)C(=O)C(=O)N2CCCN(C)C)cc1OC. The topological polar surface area (TPSA) is 108 Å². The predicted molar refractivity (Wildman–Crippen MR) is 120 cm³/mol. The van der Waals surface area contributed by atoms with Crippen LogP contribution in [-0.2, 0) is 9.59 Å². The highest BCUT2D eigenvalue weighted by Gasteiger charge is 2.46. The summed E-state index contributed by atoms with van der Waals surface area (Å²) in [5.74, 6) is -0.583. The molecule has 172 valence electrons. The molecule has 0 spiro atoms. The summed E-state index contributed by atoms with van der Waals surface area (Å²) in [5, 5.41) is 18.1. The number of aromatic nitrogens is 2. The van der Waals surface area contributed by atoms with Crippen LogP contribution in [0.3, 0.4) is 0 Å². The molecule has 1 saturated heterocycles. The number of Topliss-reactive ketones (excluding diaryl/α,β-unsaturated/α-hetero) is 1. The molecule has 9 nitrogen and oxygen atoms in total. The zero-order valence-electron chi connectivity index (χ0n) is 19.4. The van der Waals surface area contributed by atoms with Crippen molar-refractivity contribution >= 4 is 17.4 Å². The van der Waals surface area contributed by atoms with Crippen LogP contribution in [0.1, 0.15) is 35.0 Å². The summed E-state index contributed by atoms with van der Waals surface area (Å²) in [6, 6.07) is 4.48. The fourth-order valence-electron chi connectivity index (χ4n) is 4.07. The fourth-order valence-corrected chi connectivity index (χ4v) is 4.07. The standard InChI is InChI=1S/C23H30N4O5/c1-13-18(14(2)25-24-13)21(28)19-20(15-8-9-16(31-5)17(12-15)32-6)27(23(30)22(19)29)11-7-10-26(3)4/h8-9,12,20,28H,7,10-11H2,1-6H3,(H,24,25)/b21-19+/t20-/m1/s1. The first-order chi connectivity index (χ1) is 15.2. The van der Waals surface area contributed by atoms with Gasteiger partial charge in [0.05, 0.1) is 37.1 Å². The van der Waals surface area contributed by atoms with Crippen LogP contribution in [0.4, 0.5) is 0 Å². The van der Waals surface area contributed by atoms with Crippen LogP contribution < -0.4 is 9.47 Å². The van der Waals surface area contributed by atoms with E-state index in [4.69, 9.17) is 9.47 Å². The number of hydrogen-bond acceptors (Lipinski definition) is 7. The first-order valence-corrected chi connectivity index (χ1v) is 10.4. The molecule has 2 aromatic rings. The van der Waals surface area contributed by atoms with Gasteiger partial charge in [-0.2, -0.15) is 5.10 Å². The Labute approximate surface area is 187 Å². The minimum atomic E-state index is -0.759. The molecule has 2 heterocycles. The molecule has 0 bridgehead atoms. The van der Waals surface area contributed by atoms with E-state index >= 15 is 0 Å². The molecule has 2 N–H and O–H groups in total. The molecular weight excluding hydrogens is 412 g/mol. The van der Waals surface area contributed by atoms with Gasteiger partial charge in [-0.3, -0.25) is 14.7 Å². The zero-order chi connectivity index (χ0) is 23.6. The average Bonchev–Trinajstić information content (AvgIpc) is 3.23. The van der Waals surface area contributed by atoms with Crippen molar-refractivity contribution in [3.05, 3.63) is 46.3 Å². The summed E-state index contributed by atoms with van der Waals surface area (Å²) < 4.78 is 10.8. The van der Waals surface area contributed by atoms with Crippen molar-refractivity contribution in [3.8, 4) is 11.5 Å². The Balaban J connectivity index is 2.17. The van der Waals surface area contributed by atoms with E-state index in [9.17, 15) is 14.7 Å². The van der Waals surface area contributed by atoms with Crippen LogP contribution in [0.25, 0.3) is 5.76 Å². The maximum atomic E-state index is 13.1. The number of ketones is 1. The van der Waals surface area contributed by atoms with E-state index in [0.29, 0.717) is 47.0 Å². The van der Waals surface area contributed by atoms with Gasteiger partial charge >= 0.3 is 0 Å². The van der Waals surface area contributed by atoms with E-state index in [-0.39, 0.29) is 11.3 Å². The van der Waals surface area contributed by atoms with Gasteiger partial charge in [-0.25, -0.2) is 0 Å². The van der Waals surface area contributed by atoms with Gasteiger partial charge in [0.25, 0.3) is 11.7 Å². The van der Waals surface area contributed by atoms with Crippen molar-refractivity contribution in [1.82, 2.24) is 20.0 Å². The number of nitrogens with zero attached hydrogens (tertiary/aromatic N) is 3. The summed E-state index contributed by atoms with van der Waals surface area (Å²) in [6.07, 6.45) is 0.674. The molecule has 0 unspecified atom stereocenters. The highest BCUT2D eigenvalue weighted by molar-refractivity contribution is 6.46. The molecule has 1 atom stereocenters. The lowest BCUT2D eigenvalue weighted by Crippen LogP contribution is -2.32. The van der Waals surface area contributed by atoms with Crippen LogP contribution >= 0.6 is 0 Å².